The molecule has 1 aromatic rings. The lowest BCUT2D eigenvalue weighted by molar-refractivity contribution is -0.291. The van der Waals surface area contributed by atoms with Crippen LogP contribution >= 0.6 is 15.9 Å². The van der Waals surface area contributed by atoms with Crippen LogP contribution in [0.3, 0.4) is 0 Å². The van der Waals surface area contributed by atoms with Gasteiger partial charge < -0.3 is 5.73 Å². The Kier molecular flexibility index (Phi) is 3.78. The van der Waals surface area contributed by atoms with Crippen LogP contribution < -0.4 is 5.73 Å². The highest BCUT2D eigenvalue weighted by Gasteiger charge is 2.61. The Morgan fingerprint density at radius 3 is 2.06 bits per heavy atom. The lowest BCUT2D eigenvalue weighted by Crippen LogP contribution is -2.45. The van der Waals surface area contributed by atoms with Gasteiger partial charge in [-0.1, -0.05) is 6.07 Å². The summed E-state index contributed by atoms with van der Waals surface area (Å²) in [6.07, 6.45) is -5.76. The smallest absolute Gasteiger partial charge is 0.319 e. The molecule has 2 N–H and O–H groups in total. The van der Waals surface area contributed by atoms with Gasteiger partial charge in [0, 0.05) is 0 Å². The molecule has 96 valence electrons. The highest BCUT2D eigenvalue weighted by molar-refractivity contribution is 9.10. The third-order valence-electron chi connectivity index (χ3n) is 2.07. The molecule has 0 radical (unpaired) electrons. The molecule has 0 fully saturated rings. The van der Waals surface area contributed by atoms with E-state index in [1.165, 1.54) is 0 Å². The van der Waals surface area contributed by atoms with Gasteiger partial charge in [-0.25, -0.2) is 4.39 Å². The molecule has 0 heterocycles. The molecule has 0 unspecified atom stereocenters. The van der Waals surface area contributed by atoms with Crippen molar-refractivity contribution in [3.8, 4) is 0 Å². The van der Waals surface area contributed by atoms with Gasteiger partial charge in [-0.3, -0.25) is 0 Å². The fourth-order valence-corrected chi connectivity index (χ4v) is 1.49. The number of nitrogens with two attached hydrogens (primary N) is 1. The summed E-state index contributed by atoms with van der Waals surface area (Å²) in [5.74, 6) is -5.86. The number of rotatable bonds is 2. The zero-order valence-corrected chi connectivity index (χ0v) is 9.62. The van der Waals surface area contributed by atoms with Gasteiger partial charge in [0.15, 0.2) is 0 Å². The Labute approximate surface area is 101 Å². The lowest BCUT2D eigenvalue weighted by atomic mass is 10.0. The minimum atomic E-state index is -5.76. The third-order valence-corrected chi connectivity index (χ3v) is 2.68. The van der Waals surface area contributed by atoms with Crippen LogP contribution in [-0.4, -0.2) is 12.1 Å². The molecule has 0 aliphatic heterocycles. The summed E-state index contributed by atoms with van der Waals surface area (Å²) in [5, 5.41) is 0. The molecule has 1 aromatic carbocycles. The number of benzene rings is 1. The molecular weight excluding hydrogens is 316 g/mol. The van der Waals surface area contributed by atoms with Crippen LogP contribution in [0.2, 0.25) is 0 Å². The van der Waals surface area contributed by atoms with Crippen molar-refractivity contribution < 1.29 is 26.3 Å². The van der Waals surface area contributed by atoms with E-state index < -0.39 is 29.5 Å². The van der Waals surface area contributed by atoms with Gasteiger partial charge in [-0.2, -0.15) is 22.0 Å². The summed E-state index contributed by atoms with van der Waals surface area (Å²) in [6, 6.07) is -0.255. The first-order valence-corrected chi connectivity index (χ1v) is 5.01. The van der Waals surface area contributed by atoms with Crippen LogP contribution in [0.4, 0.5) is 26.3 Å². The van der Waals surface area contributed by atoms with E-state index in [0.717, 1.165) is 18.2 Å². The van der Waals surface area contributed by atoms with Crippen LogP contribution in [0, 0.1) is 5.82 Å². The summed E-state index contributed by atoms with van der Waals surface area (Å²) in [7, 11) is 0. The van der Waals surface area contributed by atoms with Crippen LogP contribution in [0.25, 0.3) is 0 Å². The molecule has 0 aromatic heterocycles. The Hall–Kier alpha value is -0.760. The fourth-order valence-electron chi connectivity index (χ4n) is 1.09. The molecule has 0 saturated carbocycles. The predicted octanol–water partition coefficient (Wildman–Crippen LogP) is 3.79. The Bertz CT molecular complexity index is 416. The topological polar surface area (TPSA) is 26.0 Å². The highest BCUT2D eigenvalue weighted by atomic mass is 79.9. The summed E-state index contributed by atoms with van der Waals surface area (Å²) in [6.45, 7) is 0. The van der Waals surface area contributed by atoms with Crippen molar-refractivity contribution in [3.63, 3.8) is 0 Å². The molecule has 0 aliphatic carbocycles. The van der Waals surface area contributed by atoms with Gasteiger partial charge in [-0.05, 0) is 33.6 Å². The second-order valence-corrected chi connectivity index (χ2v) is 4.13. The van der Waals surface area contributed by atoms with E-state index in [-0.39, 0.29) is 4.47 Å². The lowest BCUT2D eigenvalue weighted by Gasteiger charge is -2.26. The predicted molar refractivity (Wildman–Crippen MR) is 52.0 cm³/mol. The molecule has 0 bridgehead atoms. The SMILES string of the molecule is N[C@@H](c1ccc(F)c(Br)c1)C(F)(F)C(F)(F)F. The van der Waals surface area contributed by atoms with Crippen molar-refractivity contribution in [2.24, 2.45) is 5.73 Å². The zero-order valence-electron chi connectivity index (χ0n) is 8.03. The fraction of sp³-hybridized carbons (Fsp3) is 0.333. The van der Waals surface area contributed by atoms with Crippen LogP contribution in [0.15, 0.2) is 22.7 Å². The Morgan fingerprint density at radius 2 is 1.65 bits per heavy atom. The molecule has 0 spiro atoms. The molecule has 1 atom stereocenters. The van der Waals surface area contributed by atoms with Crippen LogP contribution in [0.1, 0.15) is 11.6 Å². The second kappa shape index (κ2) is 4.49. The van der Waals surface area contributed by atoms with Crippen LogP contribution in [0.5, 0.6) is 0 Å². The molecule has 17 heavy (non-hydrogen) atoms. The van der Waals surface area contributed by atoms with Gasteiger partial charge in [0.2, 0.25) is 0 Å². The largest absolute Gasteiger partial charge is 0.455 e. The molecular formula is C9H6BrF6N. The quantitative estimate of drug-likeness (QED) is 0.824. The first-order chi connectivity index (χ1) is 7.57. The number of alkyl halides is 5. The van der Waals surface area contributed by atoms with E-state index in [0.29, 0.717) is 0 Å². The Morgan fingerprint density at radius 1 is 1.12 bits per heavy atom. The van der Waals surface area contributed by atoms with Crippen molar-refractivity contribution in [3.05, 3.63) is 34.1 Å². The summed E-state index contributed by atoms with van der Waals surface area (Å²) < 4.78 is 74.4. The van der Waals surface area contributed by atoms with E-state index in [1.807, 2.05) is 0 Å². The maximum atomic E-state index is 12.9. The highest BCUT2D eigenvalue weighted by Crippen LogP contribution is 2.43. The molecule has 0 saturated heterocycles. The molecule has 0 aliphatic rings. The first kappa shape index (κ1) is 14.3. The average Bonchev–Trinajstić information content (AvgIpc) is 2.19. The third kappa shape index (κ3) is 2.74. The van der Waals surface area contributed by atoms with Crippen LogP contribution in [-0.2, 0) is 0 Å². The van der Waals surface area contributed by atoms with Crippen molar-refractivity contribution >= 4 is 15.9 Å². The normalized spacial score (nSPS) is 14.8. The standard InChI is InChI=1S/C9H6BrF6N/c10-5-3-4(1-2-6(5)11)7(17)8(12,13)9(14,15)16/h1-3,7H,17H2/t7-/m0/s1. The van der Waals surface area contributed by atoms with E-state index in [2.05, 4.69) is 15.9 Å². The van der Waals surface area contributed by atoms with E-state index in [4.69, 9.17) is 5.73 Å². The summed E-state index contributed by atoms with van der Waals surface area (Å²) in [4.78, 5) is 0. The zero-order chi connectivity index (χ0) is 13.4. The molecule has 8 heteroatoms. The average molecular weight is 322 g/mol. The second-order valence-electron chi connectivity index (χ2n) is 3.27. The molecule has 1 rings (SSSR count). The van der Waals surface area contributed by atoms with Gasteiger partial charge >= 0.3 is 12.1 Å². The van der Waals surface area contributed by atoms with Gasteiger partial charge in [0.05, 0.1) is 4.47 Å². The monoisotopic (exact) mass is 321 g/mol. The maximum absolute atomic E-state index is 12.9. The van der Waals surface area contributed by atoms with E-state index in [9.17, 15) is 26.3 Å². The maximum Gasteiger partial charge on any atom is 0.455 e. The van der Waals surface area contributed by atoms with Crippen molar-refractivity contribution in [1.82, 2.24) is 0 Å². The minimum Gasteiger partial charge on any atom is -0.319 e. The van der Waals surface area contributed by atoms with Gasteiger partial charge in [0.25, 0.3) is 0 Å². The summed E-state index contributed by atoms with van der Waals surface area (Å²) in [5.41, 5.74) is 4.35. The molecule has 0 amide bonds. The minimum absolute atomic E-state index is 0.233. The van der Waals surface area contributed by atoms with E-state index in [1.54, 1.807) is 0 Å². The van der Waals surface area contributed by atoms with Crippen molar-refractivity contribution in [1.29, 1.82) is 0 Å². The van der Waals surface area contributed by atoms with Crippen molar-refractivity contribution in [2.45, 2.75) is 18.1 Å². The molecule has 1 nitrogen and oxygen atoms in total. The van der Waals surface area contributed by atoms with Gasteiger partial charge in [-0.15, -0.1) is 0 Å². The number of halogens is 7. The number of hydrogen-bond acceptors (Lipinski definition) is 1. The summed E-state index contributed by atoms with van der Waals surface area (Å²) >= 11 is 2.67. The Balaban J connectivity index is 3.12. The number of hydrogen-bond donors (Lipinski definition) is 1. The first-order valence-electron chi connectivity index (χ1n) is 4.22. The van der Waals surface area contributed by atoms with Gasteiger partial charge in [0.1, 0.15) is 11.9 Å². The van der Waals surface area contributed by atoms with E-state index >= 15 is 0 Å². The van der Waals surface area contributed by atoms with Crippen molar-refractivity contribution in [2.75, 3.05) is 0 Å².